The first-order valence-corrected chi connectivity index (χ1v) is 5.76. The van der Waals surface area contributed by atoms with Crippen molar-refractivity contribution in [3.63, 3.8) is 0 Å². The number of rotatable bonds is 2. The van der Waals surface area contributed by atoms with Gasteiger partial charge in [-0.15, -0.1) is 0 Å². The molecule has 1 unspecified atom stereocenters. The van der Waals surface area contributed by atoms with Crippen molar-refractivity contribution in [1.29, 1.82) is 0 Å². The zero-order valence-electron chi connectivity index (χ0n) is 9.54. The molecule has 2 rings (SSSR count). The number of piperidine rings is 1. The highest BCUT2D eigenvalue weighted by Crippen LogP contribution is 2.20. The topological polar surface area (TPSA) is 73.7 Å². The maximum atomic E-state index is 12.1. The molecule has 1 aromatic heterocycles. The molecule has 0 saturated carbocycles. The number of aliphatic hydroxyl groups is 1. The van der Waals surface area contributed by atoms with Crippen molar-refractivity contribution < 1.29 is 15.0 Å². The number of amides is 1. The summed E-state index contributed by atoms with van der Waals surface area (Å²) in [5, 5.41) is 18.7. The van der Waals surface area contributed by atoms with E-state index in [0.717, 1.165) is 12.8 Å². The minimum absolute atomic E-state index is 0.0890. The summed E-state index contributed by atoms with van der Waals surface area (Å²) < 4.78 is 0. The van der Waals surface area contributed by atoms with Gasteiger partial charge in [0.15, 0.2) is 5.69 Å². The van der Waals surface area contributed by atoms with E-state index < -0.39 is 0 Å². The van der Waals surface area contributed by atoms with Crippen LogP contribution in [0.2, 0.25) is 0 Å². The first-order chi connectivity index (χ1) is 8.22. The zero-order valence-corrected chi connectivity index (χ0v) is 9.54. The highest BCUT2D eigenvalue weighted by atomic mass is 16.3. The molecular weight excluding hydrogens is 220 g/mol. The monoisotopic (exact) mass is 236 g/mol. The molecule has 1 aromatic rings. The van der Waals surface area contributed by atoms with Gasteiger partial charge in [-0.05, 0) is 30.9 Å². The third kappa shape index (κ3) is 2.55. The van der Waals surface area contributed by atoms with Crippen molar-refractivity contribution >= 4 is 5.91 Å². The van der Waals surface area contributed by atoms with Gasteiger partial charge in [0.05, 0.1) is 0 Å². The summed E-state index contributed by atoms with van der Waals surface area (Å²) in [6.45, 7) is 1.29. The van der Waals surface area contributed by atoms with Crippen LogP contribution in [0.25, 0.3) is 0 Å². The van der Waals surface area contributed by atoms with E-state index in [1.807, 2.05) is 0 Å². The molecule has 1 amide bonds. The summed E-state index contributed by atoms with van der Waals surface area (Å²) in [4.78, 5) is 17.6. The van der Waals surface area contributed by atoms with Crippen LogP contribution < -0.4 is 0 Å². The maximum absolute atomic E-state index is 12.1. The van der Waals surface area contributed by atoms with E-state index in [4.69, 9.17) is 5.11 Å². The highest BCUT2D eigenvalue weighted by Gasteiger charge is 2.26. The molecule has 1 aliphatic heterocycles. The fraction of sp³-hybridized carbons (Fsp3) is 0.500. The van der Waals surface area contributed by atoms with Crippen LogP contribution in [0, 0.1) is 5.92 Å². The molecule has 0 aliphatic carbocycles. The van der Waals surface area contributed by atoms with Gasteiger partial charge in [0.25, 0.3) is 5.91 Å². The van der Waals surface area contributed by atoms with Gasteiger partial charge >= 0.3 is 0 Å². The van der Waals surface area contributed by atoms with Gasteiger partial charge in [-0.1, -0.05) is 0 Å². The van der Waals surface area contributed by atoms with Gasteiger partial charge in [-0.2, -0.15) is 0 Å². The molecule has 0 aromatic carbocycles. The van der Waals surface area contributed by atoms with Gasteiger partial charge in [0, 0.05) is 25.9 Å². The highest BCUT2D eigenvalue weighted by molar-refractivity contribution is 5.94. The van der Waals surface area contributed by atoms with Crippen LogP contribution in [0.4, 0.5) is 0 Å². The summed E-state index contributed by atoms with van der Waals surface area (Å²) in [6.07, 6.45) is 3.31. The number of nitrogens with zero attached hydrogens (tertiary/aromatic N) is 2. The lowest BCUT2D eigenvalue weighted by molar-refractivity contribution is 0.0612. The molecule has 1 saturated heterocycles. The number of aromatic hydroxyl groups is 1. The van der Waals surface area contributed by atoms with Crippen molar-refractivity contribution in [1.82, 2.24) is 9.88 Å². The van der Waals surface area contributed by atoms with Crippen LogP contribution in [0.1, 0.15) is 23.3 Å². The van der Waals surface area contributed by atoms with Gasteiger partial charge in [0.2, 0.25) is 0 Å². The molecular formula is C12H16N2O3. The number of aliphatic hydroxyl groups excluding tert-OH is 1. The van der Waals surface area contributed by atoms with Crippen LogP contribution in [0.15, 0.2) is 18.3 Å². The predicted octanol–water partition coefficient (Wildman–Crippen LogP) is 0.632. The number of aromatic nitrogens is 1. The Labute approximate surface area is 99.7 Å². The van der Waals surface area contributed by atoms with Crippen LogP contribution >= 0.6 is 0 Å². The second-order valence-electron chi connectivity index (χ2n) is 4.31. The molecule has 1 aliphatic rings. The molecule has 92 valence electrons. The van der Waals surface area contributed by atoms with E-state index in [1.54, 1.807) is 11.0 Å². The maximum Gasteiger partial charge on any atom is 0.276 e. The van der Waals surface area contributed by atoms with Gasteiger partial charge in [-0.3, -0.25) is 4.79 Å². The molecule has 0 bridgehead atoms. The Morgan fingerprint density at radius 3 is 3.12 bits per heavy atom. The first-order valence-electron chi connectivity index (χ1n) is 5.76. The van der Waals surface area contributed by atoms with E-state index in [0.29, 0.717) is 13.1 Å². The number of likely N-dealkylation sites (tertiary alicyclic amines) is 1. The van der Waals surface area contributed by atoms with E-state index >= 15 is 0 Å². The molecule has 1 fully saturated rings. The number of pyridine rings is 1. The second-order valence-corrected chi connectivity index (χ2v) is 4.31. The molecule has 17 heavy (non-hydrogen) atoms. The average Bonchev–Trinajstić information content (AvgIpc) is 2.38. The Hall–Kier alpha value is -1.62. The molecule has 5 nitrogen and oxygen atoms in total. The van der Waals surface area contributed by atoms with Crippen LogP contribution in [0.3, 0.4) is 0 Å². The predicted molar refractivity (Wildman–Crippen MR) is 61.6 cm³/mol. The largest absolute Gasteiger partial charge is 0.505 e. The molecule has 0 spiro atoms. The minimum atomic E-state index is -0.263. The Bertz CT molecular complexity index is 408. The number of hydrogen-bond acceptors (Lipinski definition) is 4. The molecule has 5 heteroatoms. The van der Waals surface area contributed by atoms with Gasteiger partial charge < -0.3 is 15.1 Å². The zero-order chi connectivity index (χ0) is 12.3. The standard InChI is InChI=1S/C12H16N2O3/c15-8-9-3-2-6-14(7-9)12(17)11-10(16)4-1-5-13-11/h1,4-5,9,15-16H,2-3,6-8H2. The van der Waals surface area contributed by atoms with Crippen LogP contribution in [0.5, 0.6) is 5.75 Å². The molecule has 2 heterocycles. The number of carbonyl (C=O) groups excluding carboxylic acids is 1. The summed E-state index contributed by atoms with van der Waals surface area (Å²) in [5.41, 5.74) is 0.0890. The van der Waals surface area contributed by atoms with E-state index in [-0.39, 0.29) is 29.9 Å². The third-order valence-electron chi connectivity index (χ3n) is 3.05. The Morgan fingerprint density at radius 2 is 2.41 bits per heavy atom. The van der Waals surface area contributed by atoms with Gasteiger partial charge in [0.1, 0.15) is 5.75 Å². The van der Waals surface area contributed by atoms with Gasteiger partial charge in [-0.25, -0.2) is 4.98 Å². The third-order valence-corrected chi connectivity index (χ3v) is 3.05. The fourth-order valence-electron chi connectivity index (χ4n) is 2.11. The van der Waals surface area contributed by atoms with E-state index in [2.05, 4.69) is 4.98 Å². The first kappa shape index (κ1) is 11.9. The number of carbonyl (C=O) groups is 1. The quantitative estimate of drug-likeness (QED) is 0.790. The Balaban J connectivity index is 2.12. The van der Waals surface area contributed by atoms with Crippen LogP contribution in [-0.2, 0) is 0 Å². The SMILES string of the molecule is O=C(c1ncccc1O)N1CCCC(CO)C1. The van der Waals surface area contributed by atoms with Crippen molar-refractivity contribution in [2.45, 2.75) is 12.8 Å². The lowest BCUT2D eigenvalue weighted by atomic mass is 9.99. The fourth-order valence-corrected chi connectivity index (χ4v) is 2.11. The smallest absolute Gasteiger partial charge is 0.276 e. The van der Waals surface area contributed by atoms with Crippen LogP contribution in [-0.4, -0.2) is 45.7 Å². The van der Waals surface area contributed by atoms with E-state index in [9.17, 15) is 9.90 Å². The lowest BCUT2D eigenvalue weighted by Crippen LogP contribution is -2.41. The lowest BCUT2D eigenvalue weighted by Gasteiger charge is -2.31. The summed E-state index contributed by atoms with van der Waals surface area (Å²) in [6, 6.07) is 3.03. The Morgan fingerprint density at radius 1 is 1.59 bits per heavy atom. The van der Waals surface area contributed by atoms with Crippen molar-refractivity contribution in [3.8, 4) is 5.75 Å². The Kier molecular flexibility index (Phi) is 3.58. The summed E-state index contributed by atoms with van der Waals surface area (Å²) in [7, 11) is 0. The average molecular weight is 236 g/mol. The molecule has 1 atom stereocenters. The molecule has 0 radical (unpaired) electrons. The normalized spacial score (nSPS) is 20.3. The number of hydrogen-bond donors (Lipinski definition) is 2. The summed E-state index contributed by atoms with van der Waals surface area (Å²) in [5.74, 6) is -0.219. The van der Waals surface area contributed by atoms with Crippen molar-refractivity contribution in [2.24, 2.45) is 5.92 Å². The van der Waals surface area contributed by atoms with Crippen molar-refractivity contribution in [3.05, 3.63) is 24.0 Å². The van der Waals surface area contributed by atoms with Crippen molar-refractivity contribution in [2.75, 3.05) is 19.7 Å². The second kappa shape index (κ2) is 5.14. The van der Waals surface area contributed by atoms with E-state index in [1.165, 1.54) is 12.3 Å². The molecule has 2 N–H and O–H groups in total. The summed E-state index contributed by atoms with van der Waals surface area (Å²) >= 11 is 0. The minimum Gasteiger partial charge on any atom is -0.505 e.